The highest BCUT2D eigenvalue weighted by Gasteiger charge is 2.27. The summed E-state index contributed by atoms with van der Waals surface area (Å²) >= 11 is 0. The van der Waals surface area contributed by atoms with Gasteiger partial charge in [-0.15, -0.1) is 0 Å². The Hall–Kier alpha value is -2.86. The number of benzene rings is 2. The number of carbonyl (C=O) groups excluding carboxylic acids is 1. The zero-order chi connectivity index (χ0) is 17.9. The third-order valence-corrected chi connectivity index (χ3v) is 5.40. The van der Waals surface area contributed by atoms with Crippen molar-refractivity contribution in [3.8, 4) is 11.1 Å². The van der Waals surface area contributed by atoms with Gasteiger partial charge < -0.3 is 4.74 Å². The molecule has 5 nitrogen and oxygen atoms in total. The molecule has 0 aliphatic carbocycles. The van der Waals surface area contributed by atoms with Gasteiger partial charge in [-0.3, -0.25) is 0 Å². The van der Waals surface area contributed by atoms with Crippen LogP contribution >= 0.6 is 0 Å². The van der Waals surface area contributed by atoms with Crippen molar-refractivity contribution in [3.63, 3.8) is 0 Å². The van der Waals surface area contributed by atoms with Crippen LogP contribution in [0.3, 0.4) is 0 Å². The van der Waals surface area contributed by atoms with E-state index < -0.39 is 16.0 Å². The summed E-state index contributed by atoms with van der Waals surface area (Å²) < 4.78 is 32.0. The molecule has 0 N–H and O–H groups in total. The number of carbonyl (C=O) groups is 1. The lowest BCUT2D eigenvalue weighted by molar-refractivity contribution is 0.0519. The van der Waals surface area contributed by atoms with E-state index in [1.165, 1.54) is 18.3 Å². The third-order valence-electron chi connectivity index (χ3n) is 3.71. The number of hydrogen-bond acceptors (Lipinski definition) is 4. The maximum Gasteiger partial charge on any atom is 0.356 e. The van der Waals surface area contributed by atoms with Crippen molar-refractivity contribution < 1.29 is 17.9 Å². The summed E-state index contributed by atoms with van der Waals surface area (Å²) in [4.78, 5) is 12.6. The average molecular weight is 355 g/mol. The van der Waals surface area contributed by atoms with E-state index in [9.17, 15) is 13.2 Å². The third kappa shape index (κ3) is 3.21. The molecule has 2 aromatic carbocycles. The Labute approximate surface area is 146 Å². The summed E-state index contributed by atoms with van der Waals surface area (Å²) in [7, 11) is -3.90. The molecule has 1 aromatic heterocycles. The fourth-order valence-corrected chi connectivity index (χ4v) is 3.93. The van der Waals surface area contributed by atoms with Crippen LogP contribution in [-0.2, 0) is 14.8 Å². The topological polar surface area (TPSA) is 65.4 Å². The Balaban J connectivity index is 2.21. The molecule has 0 radical (unpaired) electrons. The summed E-state index contributed by atoms with van der Waals surface area (Å²) in [5.74, 6) is -0.675. The molecule has 0 saturated carbocycles. The van der Waals surface area contributed by atoms with Gasteiger partial charge in [-0.25, -0.2) is 17.2 Å². The van der Waals surface area contributed by atoms with Gasteiger partial charge in [0.15, 0.2) is 0 Å². The molecule has 0 aliphatic rings. The van der Waals surface area contributed by atoms with Gasteiger partial charge in [0.05, 0.1) is 11.5 Å². The van der Waals surface area contributed by atoms with E-state index in [2.05, 4.69) is 0 Å². The van der Waals surface area contributed by atoms with Crippen molar-refractivity contribution in [2.75, 3.05) is 6.61 Å². The number of aromatic nitrogens is 1. The van der Waals surface area contributed by atoms with Gasteiger partial charge >= 0.3 is 5.97 Å². The van der Waals surface area contributed by atoms with E-state index in [1.54, 1.807) is 31.2 Å². The summed E-state index contributed by atoms with van der Waals surface area (Å²) in [6.07, 6.45) is 1.39. The molecule has 0 bridgehead atoms. The molecule has 0 atom stereocenters. The van der Waals surface area contributed by atoms with Crippen molar-refractivity contribution in [1.82, 2.24) is 3.97 Å². The fraction of sp³-hybridized carbons (Fsp3) is 0.105. The second-order valence-electron chi connectivity index (χ2n) is 5.28. The van der Waals surface area contributed by atoms with E-state index in [1.807, 2.05) is 30.3 Å². The molecule has 0 amide bonds. The number of ether oxygens (including phenoxy) is 1. The summed E-state index contributed by atoms with van der Waals surface area (Å²) in [6.45, 7) is 1.84. The molecule has 3 aromatic rings. The van der Waals surface area contributed by atoms with Crippen molar-refractivity contribution >= 4 is 16.0 Å². The minimum Gasteiger partial charge on any atom is -0.461 e. The molecule has 128 valence electrons. The van der Waals surface area contributed by atoms with Gasteiger partial charge in [-0.05, 0) is 30.7 Å². The van der Waals surface area contributed by atoms with Crippen LogP contribution in [0.1, 0.15) is 17.4 Å². The van der Waals surface area contributed by atoms with Gasteiger partial charge in [-0.1, -0.05) is 48.5 Å². The van der Waals surface area contributed by atoms with Crippen molar-refractivity contribution in [3.05, 3.63) is 78.6 Å². The second-order valence-corrected chi connectivity index (χ2v) is 7.09. The molecule has 0 unspecified atom stereocenters. The molecule has 0 aliphatic heterocycles. The number of nitrogens with zero attached hydrogens (tertiary/aromatic N) is 1. The second kappa shape index (κ2) is 6.94. The Morgan fingerprint density at radius 2 is 1.56 bits per heavy atom. The van der Waals surface area contributed by atoms with Gasteiger partial charge in [0.2, 0.25) is 0 Å². The van der Waals surface area contributed by atoms with Crippen molar-refractivity contribution in [2.45, 2.75) is 11.8 Å². The molecule has 6 heteroatoms. The minimum absolute atomic E-state index is 0.00287. The predicted octanol–water partition coefficient (Wildman–Crippen LogP) is 3.57. The molecular weight excluding hydrogens is 338 g/mol. The first-order valence-corrected chi connectivity index (χ1v) is 9.24. The largest absolute Gasteiger partial charge is 0.461 e. The number of hydrogen-bond donors (Lipinski definition) is 0. The van der Waals surface area contributed by atoms with Crippen molar-refractivity contribution in [2.24, 2.45) is 0 Å². The summed E-state index contributed by atoms with van der Waals surface area (Å²) in [5, 5.41) is 0. The molecule has 3 rings (SSSR count). The SMILES string of the molecule is CCOC(=O)c1c(-c2ccccc2)ccn1S(=O)(=O)c1ccccc1. The number of esters is 1. The Morgan fingerprint density at radius 1 is 0.960 bits per heavy atom. The van der Waals surface area contributed by atoms with E-state index in [-0.39, 0.29) is 17.2 Å². The van der Waals surface area contributed by atoms with Crippen LogP contribution in [-0.4, -0.2) is 25.0 Å². The quantitative estimate of drug-likeness (QED) is 0.656. The lowest BCUT2D eigenvalue weighted by Crippen LogP contribution is -2.20. The van der Waals surface area contributed by atoms with Crippen LogP contribution in [0.25, 0.3) is 11.1 Å². The normalized spacial score (nSPS) is 11.2. The molecule has 0 fully saturated rings. The van der Waals surface area contributed by atoms with Crippen LogP contribution in [0, 0.1) is 0 Å². The van der Waals surface area contributed by atoms with Crippen LogP contribution < -0.4 is 0 Å². The van der Waals surface area contributed by atoms with Crippen molar-refractivity contribution in [1.29, 1.82) is 0 Å². The van der Waals surface area contributed by atoms with Crippen LogP contribution in [0.5, 0.6) is 0 Å². The molecule has 1 heterocycles. The lowest BCUT2D eigenvalue weighted by Gasteiger charge is -2.11. The average Bonchev–Trinajstić information content (AvgIpc) is 3.09. The van der Waals surface area contributed by atoms with E-state index in [0.29, 0.717) is 5.56 Å². The molecular formula is C19H17NO4S. The van der Waals surface area contributed by atoms with E-state index in [0.717, 1.165) is 9.54 Å². The van der Waals surface area contributed by atoms with Gasteiger partial charge in [-0.2, -0.15) is 0 Å². The first kappa shape index (κ1) is 17.0. The zero-order valence-electron chi connectivity index (χ0n) is 13.6. The van der Waals surface area contributed by atoms with Crippen LogP contribution in [0.4, 0.5) is 0 Å². The van der Waals surface area contributed by atoms with Gasteiger partial charge in [0, 0.05) is 11.8 Å². The molecule has 25 heavy (non-hydrogen) atoms. The van der Waals surface area contributed by atoms with Crippen LogP contribution in [0.15, 0.2) is 77.8 Å². The standard InChI is InChI=1S/C19H17NO4S/c1-2-24-19(21)18-17(15-9-5-3-6-10-15)13-14-20(18)25(22,23)16-11-7-4-8-12-16/h3-14H,2H2,1H3. The summed E-state index contributed by atoms with van der Waals surface area (Å²) in [5.41, 5.74) is 1.25. The fourth-order valence-electron chi connectivity index (χ4n) is 2.57. The Kier molecular flexibility index (Phi) is 4.72. The number of rotatable bonds is 5. The zero-order valence-corrected chi connectivity index (χ0v) is 14.4. The lowest BCUT2D eigenvalue weighted by atomic mass is 10.1. The first-order valence-electron chi connectivity index (χ1n) is 7.80. The predicted molar refractivity (Wildman–Crippen MR) is 94.9 cm³/mol. The maximum absolute atomic E-state index is 13.0. The monoisotopic (exact) mass is 355 g/mol. The Bertz CT molecular complexity index is 977. The highest BCUT2D eigenvalue weighted by molar-refractivity contribution is 7.90. The summed E-state index contributed by atoms with van der Waals surface area (Å²) in [6, 6.07) is 18.7. The highest BCUT2D eigenvalue weighted by atomic mass is 32.2. The highest BCUT2D eigenvalue weighted by Crippen LogP contribution is 2.28. The smallest absolute Gasteiger partial charge is 0.356 e. The Morgan fingerprint density at radius 3 is 2.16 bits per heavy atom. The maximum atomic E-state index is 13.0. The minimum atomic E-state index is -3.90. The van der Waals surface area contributed by atoms with Gasteiger partial charge in [0.1, 0.15) is 5.69 Å². The molecule has 0 saturated heterocycles. The first-order chi connectivity index (χ1) is 12.1. The van der Waals surface area contributed by atoms with Gasteiger partial charge in [0.25, 0.3) is 10.0 Å². The van der Waals surface area contributed by atoms with E-state index >= 15 is 0 Å². The van der Waals surface area contributed by atoms with Crippen LogP contribution in [0.2, 0.25) is 0 Å². The van der Waals surface area contributed by atoms with E-state index in [4.69, 9.17) is 4.74 Å². The molecule has 0 spiro atoms.